The Balaban J connectivity index is 1.53. The van der Waals surface area contributed by atoms with Crippen LogP contribution in [0.5, 0.6) is 0 Å². The maximum Gasteiger partial charge on any atom is 0.315 e. The van der Waals surface area contributed by atoms with Crippen molar-refractivity contribution in [1.82, 2.24) is 15.6 Å². The van der Waals surface area contributed by atoms with Crippen LogP contribution >= 0.6 is 0 Å². The molecule has 1 aromatic carbocycles. The summed E-state index contributed by atoms with van der Waals surface area (Å²) in [5.74, 6) is 0. The maximum absolute atomic E-state index is 11.9. The lowest BCUT2D eigenvalue weighted by molar-refractivity contribution is -0.383. The van der Waals surface area contributed by atoms with Crippen molar-refractivity contribution < 1.29 is 9.72 Å². The van der Waals surface area contributed by atoms with Gasteiger partial charge in [0.25, 0.3) is 5.69 Å². The quantitative estimate of drug-likeness (QED) is 0.418. The van der Waals surface area contributed by atoms with E-state index in [2.05, 4.69) is 20.9 Å². The van der Waals surface area contributed by atoms with Crippen LogP contribution in [0.3, 0.4) is 0 Å². The van der Waals surface area contributed by atoms with Gasteiger partial charge in [0.15, 0.2) is 0 Å². The van der Waals surface area contributed by atoms with Gasteiger partial charge in [-0.15, -0.1) is 0 Å². The highest BCUT2D eigenvalue weighted by molar-refractivity contribution is 5.99. The number of nitrogens with one attached hydrogen (secondary N) is 3. The Morgan fingerprint density at radius 3 is 2.73 bits per heavy atom. The van der Waals surface area contributed by atoms with E-state index < -0.39 is 4.92 Å². The number of rotatable bonds is 6. The summed E-state index contributed by atoms with van der Waals surface area (Å²) in [5, 5.41) is 21.4. The molecule has 8 nitrogen and oxygen atoms in total. The Morgan fingerprint density at radius 2 is 1.96 bits per heavy atom. The van der Waals surface area contributed by atoms with E-state index in [9.17, 15) is 14.9 Å². The average molecular weight is 357 g/mol. The molecule has 2 amide bonds. The number of anilines is 1. The predicted molar refractivity (Wildman–Crippen MR) is 100 cm³/mol. The zero-order valence-electron chi connectivity index (χ0n) is 14.5. The first-order valence-electron chi connectivity index (χ1n) is 8.94. The zero-order valence-corrected chi connectivity index (χ0v) is 14.5. The van der Waals surface area contributed by atoms with E-state index in [-0.39, 0.29) is 17.8 Å². The number of benzene rings is 1. The molecular formula is C18H23N5O3. The van der Waals surface area contributed by atoms with E-state index in [0.29, 0.717) is 18.5 Å². The summed E-state index contributed by atoms with van der Waals surface area (Å²) < 4.78 is 0. The molecule has 138 valence electrons. The highest BCUT2D eigenvalue weighted by atomic mass is 16.6. The molecule has 0 bridgehead atoms. The van der Waals surface area contributed by atoms with Crippen LogP contribution in [0.4, 0.5) is 16.2 Å². The first-order valence-corrected chi connectivity index (χ1v) is 8.94. The molecule has 3 rings (SSSR count). The van der Waals surface area contributed by atoms with Gasteiger partial charge in [-0.25, -0.2) is 4.79 Å². The fourth-order valence-electron chi connectivity index (χ4n) is 3.35. The second kappa shape index (κ2) is 8.46. The number of amides is 2. The van der Waals surface area contributed by atoms with Gasteiger partial charge in [0.2, 0.25) is 0 Å². The van der Waals surface area contributed by atoms with Crippen molar-refractivity contribution >= 4 is 28.2 Å². The van der Waals surface area contributed by atoms with E-state index in [1.807, 2.05) is 0 Å². The number of carbonyl (C=O) groups is 1. The molecule has 1 heterocycles. The maximum atomic E-state index is 11.9. The number of carbonyl (C=O) groups excluding carboxylic acids is 1. The molecule has 0 spiro atoms. The van der Waals surface area contributed by atoms with Crippen LogP contribution in [0.1, 0.15) is 32.1 Å². The van der Waals surface area contributed by atoms with Crippen molar-refractivity contribution in [2.45, 2.75) is 38.1 Å². The van der Waals surface area contributed by atoms with E-state index in [1.165, 1.54) is 31.5 Å². The minimum atomic E-state index is -0.412. The van der Waals surface area contributed by atoms with Crippen LogP contribution in [0.25, 0.3) is 10.8 Å². The smallest absolute Gasteiger partial charge is 0.315 e. The van der Waals surface area contributed by atoms with Crippen LogP contribution in [-0.2, 0) is 0 Å². The van der Waals surface area contributed by atoms with Crippen LogP contribution in [0.2, 0.25) is 0 Å². The standard InChI is InChI=1S/C18H23N5O3/c24-18(22-13-4-2-1-3-5-13)21-11-10-20-16-6-7-17(23(25)26)15-12-19-9-8-14(15)16/h6-9,12-13,20H,1-5,10-11H2,(H2,21,22,24). The van der Waals surface area contributed by atoms with E-state index in [4.69, 9.17) is 0 Å². The summed E-state index contributed by atoms with van der Waals surface area (Å²) in [5.41, 5.74) is 0.811. The third-order valence-electron chi connectivity index (χ3n) is 4.66. The van der Waals surface area contributed by atoms with Crippen LogP contribution < -0.4 is 16.0 Å². The van der Waals surface area contributed by atoms with Gasteiger partial charge in [0.1, 0.15) is 0 Å². The van der Waals surface area contributed by atoms with E-state index in [0.717, 1.165) is 23.9 Å². The average Bonchev–Trinajstić information content (AvgIpc) is 2.65. The number of nitro benzene ring substituents is 1. The van der Waals surface area contributed by atoms with Crippen molar-refractivity contribution in [3.05, 3.63) is 40.7 Å². The van der Waals surface area contributed by atoms with Gasteiger partial charge in [-0.1, -0.05) is 19.3 Å². The molecule has 3 N–H and O–H groups in total. The molecule has 1 saturated carbocycles. The molecule has 1 aliphatic rings. The van der Waals surface area contributed by atoms with Crippen molar-refractivity contribution in [1.29, 1.82) is 0 Å². The lowest BCUT2D eigenvalue weighted by Crippen LogP contribution is -2.44. The van der Waals surface area contributed by atoms with Gasteiger partial charge in [-0.2, -0.15) is 0 Å². The largest absolute Gasteiger partial charge is 0.383 e. The normalized spacial score (nSPS) is 14.8. The molecular weight excluding hydrogens is 334 g/mol. The molecule has 8 heteroatoms. The van der Waals surface area contributed by atoms with E-state index in [1.54, 1.807) is 18.3 Å². The number of urea groups is 1. The van der Waals surface area contributed by atoms with Gasteiger partial charge >= 0.3 is 6.03 Å². The molecule has 1 fully saturated rings. The summed E-state index contributed by atoms with van der Waals surface area (Å²) in [6, 6.07) is 5.03. The van der Waals surface area contributed by atoms with Crippen molar-refractivity contribution in [2.24, 2.45) is 0 Å². The topological polar surface area (TPSA) is 109 Å². The lowest BCUT2D eigenvalue weighted by atomic mass is 9.96. The van der Waals surface area contributed by atoms with Crippen molar-refractivity contribution in [3.8, 4) is 0 Å². The number of non-ortho nitro benzene ring substituents is 1. The van der Waals surface area contributed by atoms with Gasteiger partial charge in [0, 0.05) is 48.7 Å². The molecule has 0 atom stereocenters. The number of fused-ring (bicyclic) bond motifs is 1. The molecule has 1 aliphatic carbocycles. The summed E-state index contributed by atoms with van der Waals surface area (Å²) in [4.78, 5) is 26.6. The number of nitro groups is 1. The highest BCUT2D eigenvalue weighted by Crippen LogP contribution is 2.30. The Morgan fingerprint density at radius 1 is 1.15 bits per heavy atom. The SMILES string of the molecule is O=C(NCCNc1ccc([N+](=O)[O-])c2cnccc12)NC1CCCCC1. The molecule has 0 unspecified atom stereocenters. The lowest BCUT2D eigenvalue weighted by Gasteiger charge is -2.22. The first kappa shape index (κ1) is 17.9. The molecule has 0 radical (unpaired) electrons. The van der Waals surface area contributed by atoms with Gasteiger partial charge < -0.3 is 16.0 Å². The Labute approximate surface area is 151 Å². The number of hydrogen-bond acceptors (Lipinski definition) is 5. The van der Waals surface area contributed by atoms with Crippen molar-refractivity contribution in [2.75, 3.05) is 18.4 Å². The molecule has 2 aromatic rings. The van der Waals surface area contributed by atoms with Crippen LogP contribution in [0, 0.1) is 10.1 Å². The molecule has 0 saturated heterocycles. The fraction of sp³-hybridized carbons (Fsp3) is 0.444. The van der Waals surface area contributed by atoms with Gasteiger partial charge in [-0.3, -0.25) is 15.1 Å². The van der Waals surface area contributed by atoms with Crippen molar-refractivity contribution in [3.63, 3.8) is 0 Å². The monoisotopic (exact) mass is 357 g/mol. The molecule has 1 aromatic heterocycles. The van der Waals surface area contributed by atoms with Gasteiger partial charge in [0.05, 0.1) is 10.3 Å². The number of hydrogen-bond donors (Lipinski definition) is 3. The highest BCUT2D eigenvalue weighted by Gasteiger charge is 2.16. The molecule has 0 aliphatic heterocycles. The predicted octanol–water partition coefficient (Wildman–Crippen LogP) is 3.19. The van der Waals surface area contributed by atoms with Crippen LogP contribution in [0.15, 0.2) is 30.6 Å². The zero-order chi connectivity index (χ0) is 18.4. The minimum Gasteiger partial charge on any atom is -0.383 e. The summed E-state index contributed by atoms with van der Waals surface area (Å²) in [6.07, 6.45) is 8.80. The summed E-state index contributed by atoms with van der Waals surface area (Å²) >= 11 is 0. The van der Waals surface area contributed by atoms with Gasteiger partial charge in [-0.05, 0) is 25.0 Å². The Hall–Kier alpha value is -2.90. The summed E-state index contributed by atoms with van der Waals surface area (Å²) in [6.45, 7) is 0.982. The number of pyridine rings is 1. The fourth-order valence-corrected chi connectivity index (χ4v) is 3.35. The molecule has 26 heavy (non-hydrogen) atoms. The second-order valence-corrected chi connectivity index (χ2v) is 6.47. The third-order valence-corrected chi connectivity index (χ3v) is 4.66. The van der Waals surface area contributed by atoms with E-state index >= 15 is 0 Å². The Kier molecular flexibility index (Phi) is 5.83. The number of aromatic nitrogens is 1. The third kappa shape index (κ3) is 4.38. The first-order chi connectivity index (χ1) is 12.6. The minimum absolute atomic E-state index is 0.0311. The number of nitrogens with zero attached hydrogens (tertiary/aromatic N) is 2. The Bertz CT molecular complexity index is 789. The second-order valence-electron chi connectivity index (χ2n) is 6.47. The summed E-state index contributed by atoms with van der Waals surface area (Å²) in [7, 11) is 0. The van der Waals surface area contributed by atoms with Crippen LogP contribution in [-0.4, -0.2) is 35.1 Å².